The van der Waals surface area contributed by atoms with Gasteiger partial charge < -0.3 is 4.74 Å². The number of rotatable bonds is 7. The molecular formula is C28H20ClN3O2. The topological polar surface area (TPSA) is 57.0 Å². The van der Waals surface area contributed by atoms with Crippen molar-refractivity contribution in [2.45, 2.75) is 5.54 Å². The van der Waals surface area contributed by atoms with E-state index in [-0.39, 0.29) is 5.78 Å². The zero-order valence-corrected chi connectivity index (χ0v) is 18.8. The van der Waals surface area contributed by atoms with Gasteiger partial charge in [0.2, 0.25) is 0 Å². The van der Waals surface area contributed by atoms with Crippen molar-refractivity contribution in [1.29, 1.82) is 0 Å². The normalized spacial score (nSPS) is 12.6. The highest BCUT2D eigenvalue weighted by molar-refractivity contribution is 6.30. The SMILES string of the molecule is O=C(c1ccccc1)C(c1ccccc1)(c1ccc(Oc2ccc(Cl)cc2)cc1)n1cncn1. The number of benzene rings is 4. The highest BCUT2D eigenvalue weighted by atomic mass is 35.5. The Morgan fingerprint density at radius 3 is 1.88 bits per heavy atom. The maximum absolute atomic E-state index is 14.2. The summed E-state index contributed by atoms with van der Waals surface area (Å²) in [6.45, 7) is 0. The van der Waals surface area contributed by atoms with Crippen molar-refractivity contribution in [2.24, 2.45) is 0 Å². The lowest BCUT2D eigenvalue weighted by Gasteiger charge is -2.33. The first-order valence-corrected chi connectivity index (χ1v) is 11.1. The molecule has 0 saturated carbocycles. The Hall–Kier alpha value is -4.22. The molecule has 1 heterocycles. The Morgan fingerprint density at radius 2 is 1.29 bits per heavy atom. The van der Waals surface area contributed by atoms with E-state index in [0.29, 0.717) is 22.1 Å². The molecule has 166 valence electrons. The molecule has 0 spiro atoms. The zero-order valence-electron chi connectivity index (χ0n) is 18.1. The average Bonchev–Trinajstić information content (AvgIpc) is 3.43. The molecular weight excluding hydrogens is 446 g/mol. The molecule has 0 aliphatic rings. The van der Waals surface area contributed by atoms with Crippen molar-refractivity contribution in [2.75, 3.05) is 0 Å². The fourth-order valence-corrected chi connectivity index (χ4v) is 4.19. The van der Waals surface area contributed by atoms with Gasteiger partial charge in [-0.15, -0.1) is 0 Å². The smallest absolute Gasteiger partial charge is 0.199 e. The molecule has 0 radical (unpaired) electrons. The lowest BCUT2D eigenvalue weighted by Crippen LogP contribution is -2.44. The van der Waals surface area contributed by atoms with Crippen LogP contribution in [0.3, 0.4) is 0 Å². The van der Waals surface area contributed by atoms with Crippen LogP contribution in [0, 0.1) is 0 Å². The van der Waals surface area contributed by atoms with Crippen LogP contribution >= 0.6 is 11.6 Å². The van der Waals surface area contributed by atoms with Crippen molar-refractivity contribution in [3.05, 3.63) is 144 Å². The van der Waals surface area contributed by atoms with E-state index in [4.69, 9.17) is 16.3 Å². The van der Waals surface area contributed by atoms with Gasteiger partial charge in [-0.2, -0.15) is 5.10 Å². The van der Waals surface area contributed by atoms with E-state index in [1.807, 2.05) is 84.9 Å². The van der Waals surface area contributed by atoms with E-state index in [9.17, 15) is 4.79 Å². The molecule has 34 heavy (non-hydrogen) atoms. The second kappa shape index (κ2) is 9.33. The fourth-order valence-electron chi connectivity index (χ4n) is 4.06. The summed E-state index contributed by atoms with van der Waals surface area (Å²) in [6, 6.07) is 33.5. The summed E-state index contributed by atoms with van der Waals surface area (Å²) in [5.41, 5.74) is 0.836. The average molecular weight is 466 g/mol. The molecule has 0 saturated heterocycles. The van der Waals surface area contributed by atoms with E-state index in [1.165, 1.54) is 6.33 Å². The largest absolute Gasteiger partial charge is 0.457 e. The predicted octanol–water partition coefficient (Wildman–Crippen LogP) is 6.40. The van der Waals surface area contributed by atoms with Gasteiger partial charge in [0, 0.05) is 10.6 Å². The van der Waals surface area contributed by atoms with Gasteiger partial charge >= 0.3 is 0 Å². The number of hydrogen-bond acceptors (Lipinski definition) is 4. The predicted molar refractivity (Wildman–Crippen MR) is 131 cm³/mol. The quantitative estimate of drug-likeness (QED) is 0.261. The number of carbonyl (C=O) groups excluding carboxylic acids is 1. The monoisotopic (exact) mass is 465 g/mol. The molecule has 5 aromatic rings. The van der Waals surface area contributed by atoms with Gasteiger partial charge in [-0.1, -0.05) is 84.4 Å². The van der Waals surface area contributed by atoms with E-state index in [1.54, 1.807) is 35.3 Å². The number of nitrogens with zero attached hydrogens (tertiary/aromatic N) is 3. The molecule has 0 aliphatic heterocycles. The first-order valence-electron chi connectivity index (χ1n) is 10.7. The van der Waals surface area contributed by atoms with Crippen LogP contribution in [0.1, 0.15) is 21.5 Å². The third-order valence-corrected chi connectivity index (χ3v) is 5.89. The van der Waals surface area contributed by atoms with Gasteiger partial charge in [-0.05, 0) is 47.5 Å². The Bertz CT molecular complexity index is 1370. The fraction of sp³-hybridized carbons (Fsp3) is 0.0357. The Kier molecular flexibility index (Phi) is 5.93. The third-order valence-electron chi connectivity index (χ3n) is 5.64. The molecule has 0 fully saturated rings. The highest BCUT2D eigenvalue weighted by Crippen LogP contribution is 2.38. The van der Waals surface area contributed by atoms with Crippen LogP contribution in [0.2, 0.25) is 5.02 Å². The van der Waals surface area contributed by atoms with Crippen LogP contribution in [-0.2, 0) is 5.54 Å². The minimum atomic E-state index is -1.25. The van der Waals surface area contributed by atoms with Gasteiger partial charge in [0.25, 0.3) is 0 Å². The minimum absolute atomic E-state index is 0.115. The Morgan fingerprint density at radius 1 is 0.735 bits per heavy atom. The number of hydrogen-bond donors (Lipinski definition) is 0. The molecule has 1 aromatic heterocycles. The second-order valence-electron chi connectivity index (χ2n) is 7.69. The maximum Gasteiger partial charge on any atom is 0.199 e. The van der Waals surface area contributed by atoms with Crippen molar-refractivity contribution < 1.29 is 9.53 Å². The number of ketones is 1. The van der Waals surface area contributed by atoms with Crippen molar-refractivity contribution in [3.8, 4) is 11.5 Å². The van der Waals surface area contributed by atoms with Crippen molar-refractivity contribution in [3.63, 3.8) is 0 Å². The number of halogens is 1. The molecule has 0 bridgehead atoms. The number of ether oxygens (including phenoxy) is 1. The number of Topliss-reactive ketones (excluding diaryl/α,β-unsaturated/α-hetero) is 1. The second-order valence-corrected chi connectivity index (χ2v) is 8.13. The third kappa shape index (κ3) is 3.98. The first kappa shape index (κ1) is 21.6. The van der Waals surface area contributed by atoms with Gasteiger partial charge in [0.05, 0.1) is 0 Å². The van der Waals surface area contributed by atoms with Gasteiger partial charge in [-0.25, -0.2) is 9.67 Å². The molecule has 5 rings (SSSR count). The van der Waals surface area contributed by atoms with E-state index in [2.05, 4.69) is 10.1 Å². The zero-order chi connectivity index (χ0) is 23.4. The summed E-state index contributed by atoms with van der Waals surface area (Å²) in [6.07, 6.45) is 3.01. The minimum Gasteiger partial charge on any atom is -0.457 e. The summed E-state index contributed by atoms with van der Waals surface area (Å²) in [5.74, 6) is 1.19. The summed E-state index contributed by atoms with van der Waals surface area (Å²) in [4.78, 5) is 18.4. The molecule has 1 atom stereocenters. The standard InChI is InChI=1S/C28H20ClN3O2/c29-24-13-17-26(18-14-24)34-25-15-11-23(12-16-25)28(32-20-30-19-31-32,22-9-5-2-6-10-22)27(33)21-7-3-1-4-8-21/h1-20H. The summed E-state index contributed by atoms with van der Waals surface area (Å²) in [7, 11) is 0. The van der Waals surface area contributed by atoms with E-state index in [0.717, 1.165) is 11.1 Å². The molecule has 0 aliphatic carbocycles. The lowest BCUT2D eigenvalue weighted by atomic mass is 9.77. The molecule has 0 amide bonds. The maximum atomic E-state index is 14.2. The van der Waals surface area contributed by atoms with Crippen LogP contribution in [0.5, 0.6) is 11.5 Å². The molecule has 5 nitrogen and oxygen atoms in total. The van der Waals surface area contributed by atoms with Crippen LogP contribution in [-0.4, -0.2) is 20.5 Å². The van der Waals surface area contributed by atoms with Crippen LogP contribution in [0.4, 0.5) is 0 Å². The molecule has 6 heteroatoms. The van der Waals surface area contributed by atoms with Crippen LogP contribution < -0.4 is 4.74 Å². The number of carbonyl (C=O) groups is 1. The Balaban J connectivity index is 1.65. The number of aromatic nitrogens is 3. The van der Waals surface area contributed by atoms with E-state index >= 15 is 0 Å². The van der Waals surface area contributed by atoms with E-state index < -0.39 is 5.54 Å². The molecule has 0 N–H and O–H groups in total. The molecule has 4 aromatic carbocycles. The highest BCUT2D eigenvalue weighted by Gasteiger charge is 2.45. The Labute approximate surface area is 202 Å². The lowest BCUT2D eigenvalue weighted by molar-refractivity contribution is 0.0878. The summed E-state index contributed by atoms with van der Waals surface area (Å²) < 4.78 is 7.58. The van der Waals surface area contributed by atoms with Crippen LogP contribution in [0.25, 0.3) is 0 Å². The summed E-state index contributed by atoms with van der Waals surface area (Å²) in [5, 5.41) is 5.07. The summed E-state index contributed by atoms with van der Waals surface area (Å²) >= 11 is 5.97. The first-order chi connectivity index (χ1) is 16.7. The van der Waals surface area contributed by atoms with Gasteiger partial charge in [0.15, 0.2) is 11.3 Å². The van der Waals surface area contributed by atoms with Crippen LogP contribution in [0.15, 0.2) is 122 Å². The molecule has 1 unspecified atom stereocenters. The van der Waals surface area contributed by atoms with Crippen molar-refractivity contribution in [1.82, 2.24) is 14.8 Å². The van der Waals surface area contributed by atoms with Gasteiger partial charge in [-0.3, -0.25) is 4.79 Å². The van der Waals surface area contributed by atoms with Crippen molar-refractivity contribution >= 4 is 17.4 Å². The van der Waals surface area contributed by atoms with Gasteiger partial charge in [0.1, 0.15) is 24.2 Å².